The number of carbonyl (C=O) groups is 1. The summed E-state index contributed by atoms with van der Waals surface area (Å²) in [4.78, 5) is 12.3. The van der Waals surface area contributed by atoms with Gasteiger partial charge in [0.05, 0.1) is 22.5 Å². The first-order valence-electron chi connectivity index (χ1n) is 7.15. The number of benzene rings is 1. The summed E-state index contributed by atoms with van der Waals surface area (Å²) in [6.07, 6.45) is 5.28. The van der Waals surface area contributed by atoms with Crippen molar-refractivity contribution in [3.8, 4) is 5.69 Å². The van der Waals surface area contributed by atoms with Gasteiger partial charge in [-0.3, -0.25) is 4.79 Å². The number of hydrogen-bond acceptors (Lipinski definition) is 3. The van der Waals surface area contributed by atoms with Crippen LogP contribution in [0.15, 0.2) is 30.6 Å². The Kier molecular flexibility index (Phi) is 6.30. The summed E-state index contributed by atoms with van der Waals surface area (Å²) >= 11 is 12.0. The zero-order valence-corrected chi connectivity index (χ0v) is 14.6. The van der Waals surface area contributed by atoms with Crippen molar-refractivity contribution in [3.63, 3.8) is 0 Å². The molecule has 0 bridgehead atoms. The highest BCUT2D eigenvalue weighted by Gasteiger charge is 2.17. The molecule has 0 aliphatic carbocycles. The van der Waals surface area contributed by atoms with Crippen LogP contribution < -0.4 is 10.6 Å². The van der Waals surface area contributed by atoms with Gasteiger partial charge in [0.15, 0.2) is 0 Å². The van der Waals surface area contributed by atoms with Gasteiger partial charge in [0.2, 0.25) is 0 Å². The SMILES string of the molecule is Cl.O=C(N[C@H]1CCCNC1)c1cnn(-c2ccc(Cl)cc2Cl)c1. The topological polar surface area (TPSA) is 59.0 Å². The fourth-order valence-corrected chi connectivity index (χ4v) is 2.98. The van der Waals surface area contributed by atoms with Gasteiger partial charge in [0, 0.05) is 23.8 Å². The van der Waals surface area contributed by atoms with Gasteiger partial charge in [-0.1, -0.05) is 23.2 Å². The molecule has 1 aromatic carbocycles. The van der Waals surface area contributed by atoms with Gasteiger partial charge in [0.1, 0.15) is 0 Å². The molecule has 1 atom stereocenters. The monoisotopic (exact) mass is 374 g/mol. The molecule has 1 aromatic heterocycles. The van der Waals surface area contributed by atoms with Crippen molar-refractivity contribution in [1.82, 2.24) is 20.4 Å². The van der Waals surface area contributed by atoms with E-state index < -0.39 is 0 Å². The molecule has 23 heavy (non-hydrogen) atoms. The Balaban J connectivity index is 0.00000192. The maximum atomic E-state index is 12.3. The van der Waals surface area contributed by atoms with Gasteiger partial charge in [-0.15, -0.1) is 12.4 Å². The highest BCUT2D eigenvalue weighted by molar-refractivity contribution is 6.35. The third kappa shape index (κ3) is 4.38. The minimum Gasteiger partial charge on any atom is -0.348 e. The van der Waals surface area contributed by atoms with E-state index in [-0.39, 0.29) is 24.4 Å². The number of halogens is 3. The van der Waals surface area contributed by atoms with Crippen LogP contribution in [-0.4, -0.2) is 34.8 Å². The summed E-state index contributed by atoms with van der Waals surface area (Å²) < 4.78 is 1.58. The molecule has 1 aliphatic heterocycles. The average molecular weight is 376 g/mol. The van der Waals surface area contributed by atoms with Gasteiger partial charge in [-0.2, -0.15) is 5.10 Å². The van der Waals surface area contributed by atoms with Crippen molar-refractivity contribution in [3.05, 3.63) is 46.2 Å². The molecule has 1 aliphatic rings. The van der Waals surface area contributed by atoms with Crippen LogP contribution >= 0.6 is 35.6 Å². The Hall–Kier alpha value is -1.27. The summed E-state index contributed by atoms with van der Waals surface area (Å²) in [7, 11) is 0. The second-order valence-electron chi connectivity index (χ2n) is 5.29. The highest BCUT2D eigenvalue weighted by atomic mass is 35.5. The van der Waals surface area contributed by atoms with E-state index in [0.717, 1.165) is 25.9 Å². The van der Waals surface area contributed by atoms with Crippen molar-refractivity contribution in [2.75, 3.05) is 13.1 Å². The van der Waals surface area contributed by atoms with E-state index in [0.29, 0.717) is 21.3 Å². The number of carbonyl (C=O) groups excluding carboxylic acids is 1. The second-order valence-corrected chi connectivity index (χ2v) is 6.13. The van der Waals surface area contributed by atoms with Crippen molar-refractivity contribution in [2.24, 2.45) is 0 Å². The Morgan fingerprint density at radius 1 is 1.39 bits per heavy atom. The highest BCUT2D eigenvalue weighted by Crippen LogP contribution is 2.24. The molecule has 8 heteroatoms. The van der Waals surface area contributed by atoms with E-state index in [1.54, 1.807) is 29.1 Å². The number of aromatic nitrogens is 2. The summed E-state index contributed by atoms with van der Waals surface area (Å²) in [6.45, 7) is 1.82. The predicted molar refractivity (Wildman–Crippen MR) is 94.2 cm³/mol. The number of rotatable bonds is 3. The fourth-order valence-electron chi connectivity index (χ4n) is 2.48. The summed E-state index contributed by atoms with van der Waals surface area (Å²) in [5.41, 5.74) is 1.20. The Morgan fingerprint density at radius 2 is 2.22 bits per heavy atom. The molecular weight excluding hydrogens is 359 g/mol. The Bertz CT molecular complexity index is 683. The van der Waals surface area contributed by atoms with Crippen LogP contribution in [-0.2, 0) is 0 Å². The first-order valence-corrected chi connectivity index (χ1v) is 7.91. The van der Waals surface area contributed by atoms with Gasteiger partial charge in [-0.05, 0) is 37.6 Å². The van der Waals surface area contributed by atoms with E-state index >= 15 is 0 Å². The van der Waals surface area contributed by atoms with Crippen LogP contribution in [0.4, 0.5) is 0 Å². The molecule has 2 N–H and O–H groups in total. The van der Waals surface area contributed by atoms with Crippen LogP contribution in [0.25, 0.3) is 5.69 Å². The number of nitrogens with one attached hydrogen (secondary N) is 2. The molecule has 5 nitrogen and oxygen atoms in total. The maximum absolute atomic E-state index is 12.3. The molecule has 1 fully saturated rings. The van der Waals surface area contributed by atoms with Crippen LogP contribution in [0, 0.1) is 0 Å². The van der Waals surface area contributed by atoms with Crippen molar-refractivity contribution >= 4 is 41.5 Å². The fraction of sp³-hybridized carbons (Fsp3) is 0.333. The summed E-state index contributed by atoms with van der Waals surface area (Å²) in [5, 5.41) is 11.5. The first kappa shape index (κ1) is 18.1. The molecule has 0 radical (unpaired) electrons. The van der Waals surface area contributed by atoms with E-state index in [4.69, 9.17) is 23.2 Å². The third-order valence-electron chi connectivity index (χ3n) is 3.63. The van der Waals surface area contributed by atoms with Gasteiger partial charge < -0.3 is 10.6 Å². The van der Waals surface area contributed by atoms with Crippen molar-refractivity contribution in [1.29, 1.82) is 0 Å². The van der Waals surface area contributed by atoms with Crippen LogP contribution in [0.3, 0.4) is 0 Å². The van der Waals surface area contributed by atoms with E-state index in [1.807, 2.05) is 0 Å². The minimum atomic E-state index is -0.120. The lowest BCUT2D eigenvalue weighted by atomic mass is 10.1. The summed E-state index contributed by atoms with van der Waals surface area (Å²) in [6, 6.07) is 5.32. The lowest BCUT2D eigenvalue weighted by molar-refractivity contribution is 0.0930. The first-order chi connectivity index (χ1) is 10.6. The number of piperidine rings is 1. The van der Waals surface area contributed by atoms with Crippen molar-refractivity contribution in [2.45, 2.75) is 18.9 Å². The molecule has 1 amide bonds. The zero-order chi connectivity index (χ0) is 15.5. The number of nitrogens with zero attached hydrogens (tertiary/aromatic N) is 2. The summed E-state index contributed by atoms with van der Waals surface area (Å²) in [5.74, 6) is -0.120. The number of hydrogen-bond donors (Lipinski definition) is 2. The van der Waals surface area contributed by atoms with Gasteiger partial charge in [-0.25, -0.2) is 4.68 Å². The van der Waals surface area contributed by atoms with Crippen LogP contribution in [0.2, 0.25) is 10.0 Å². The molecule has 0 unspecified atom stereocenters. The smallest absolute Gasteiger partial charge is 0.254 e. The average Bonchev–Trinajstić information content (AvgIpc) is 2.98. The molecule has 0 saturated carbocycles. The minimum absolute atomic E-state index is 0. The third-order valence-corrected chi connectivity index (χ3v) is 4.17. The number of amides is 1. The van der Waals surface area contributed by atoms with Crippen LogP contribution in [0.1, 0.15) is 23.2 Å². The van der Waals surface area contributed by atoms with E-state index in [9.17, 15) is 4.79 Å². The van der Waals surface area contributed by atoms with E-state index in [2.05, 4.69) is 15.7 Å². The van der Waals surface area contributed by atoms with Gasteiger partial charge >= 0.3 is 0 Å². The molecule has 3 rings (SSSR count). The molecular formula is C15H17Cl3N4O. The molecule has 1 saturated heterocycles. The van der Waals surface area contributed by atoms with Crippen LogP contribution in [0.5, 0.6) is 0 Å². The zero-order valence-electron chi connectivity index (χ0n) is 12.3. The maximum Gasteiger partial charge on any atom is 0.254 e. The molecule has 124 valence electrons. The molecule has 2 aromatic rings. The quantitative estimate of drug-likeness (QED) is 0.867. The lowest BCUT2D eigenvalue weighted by Gasteiger charge is -2.23. The van der Waals surface area contributed by atoms with Crippen molar-refractivity contribution < 1.29 is 4.79 Å². The van der Waals surface area contributed by atoms with E-state index in [1.165, 1.54) is 6.20 Å². The van der Waals surface area contributed by atoms with Gasteiger partial charge in [0.25, 0.3) is 5.91 Å². The second kappa shape index (κ2) is 8.02. The standard InChI is InChI=1S/C15H16Cl2N4O.ClH/c16-11-3-4-14(13(17)6-11)21-9-10(7-19-21)15(22)20-12-2-1-5-18-8-12;/h3-4,6-7,9,12,18H,1-2,5,8H2,(H,20,22);1H/t12-;/m0./s1. The predicted octanol–water partition coefficient (Wildman–Crippen LogP) is 3.08. The Morgan fingerprint density at radius 3 is 2.91 bits per heavy atom. The normalized spacial score (nSPS) is 17.4. The molecule has 2 heterocycles. The largest absolute Gasteiger partial charge is 0.348 e. The Labute approximate surface area is 150 Å². The lowest BCUT2D eigenvalue weighted by Crippen LogP contribution is -2.45. The molecule has 0 spiro atoms.